The molecular weight excluding hydrogens is 212 g/mol. The molecule has 1 aromatic rings. The number of likely N-dealkylation sites (N-methyl/N-ethyl adjacent to an activating group) is 1. The minimum absolute atomic E-state index is 0.997. The average Bonchev–Trinajstić information content (AvgIpc) is 2.28. The summed E-state index contributed by atoms with van der Waals surface area (Å²) in [6, 6.07) is 5.98. The average molecular weight is 226 g/mol. The summed E-state index contributed by atoms with van der Waals surface area (Å²) in [4.78, 5) is 22.4. The minimum Gasteiger partial charge on any atom is -0.473 e. The summed E-state index contributed by atoms with van der Waals surface area (Å²) in [5.41, 5.74) is 1.15. The number of hydrogen-bond acceptors (Lipinski definition) is 4. The van der Waals surface area contributed by atoms with Gasteiger partial charge in [0.05, 0.1) is 0 Å². The number of hydrogen-bond donors (Lipinski definition) is 3. The lowest BCUT2D eigenvalue weighted by molar-refractivity contribution is -0.159. The van der Waals surface area contributed by atoms with Gasteiger partial charge >= 0.3 is 11.9 Å². The lowest BCUT2D eigenvalue weighted by Gasteiger charge is -1.96. The molecule has 1 rings (SSSR count). The van der Waals surface area contributed by atoms with Crippen LogP contribution in [0.4, 0.5) is 0 Å². The van der Waals surface area contributed by atoms with E-state index in [1.807, 2.05) is 31.4 Å². The van der Waals surface area contributed by atoms with Gasteiger partial charge in [-0.05, 0) is 19.2 Å². The monoisotopic (exact) mass is 226 g/mol. The van der Waals surface area contributed by atoms with E-state index in [2.05, 4.69) is 10.3 Å². The minimum atomic E-state index is -1.82. The number of pyridine rings is 1. The number of aromatic nitrogens is 1. The zero-order chi connectivity index (χ0) is 12.4. The highest BCUT2D eigenvalue weighted by Crippen LogP contribution is 1.92. The van der Waals surface area contributed by atoms with Crippen LogP contribution in [0.1, 0.15) is 5.69 Å². The highest BCUT2D eigenvalue weighted by Gasteiger charge is 2.04. The normalized spacial score (nSPS) is 8.81. The summed E-state index contributed by atoms with van der Waals surface area (Å²) in [5.74, 6) is -3.65. The van der Waals surface area contributed by atoms with Crippen LogP contribution in [0.2, 0.25) is 0 Å². The van der Waals surface area contributed by atoms with Crippen molar-refractivity contribution in [3.63, 3.8) is 0 Å². The van der Waals surface area contributed by atoms with E-state index in [0.717, 1.165) is 18.7 Å². The van der Waals surface area contributed by atoms with Crippen molar-refractivity contribution in [2.24, 2.45) is 0 Å². The molecule has 0 saturated heterocycles. The smallest absolute Gasteiger partial charge is 0.414 e. The number of carboxylic acid groups (broad SMARTS) is 2. The van der Waals surface area contributed by atoms with Crippen molar-refractivity contribution in [3.8, 4) is 0 Å². The van der Waals surface area contributed by atoms with Crippen molar-refractivity contribution in [1.82, 2.24) is 10.3 Å². The Kier molecular flexibility index (Phi) is 7.35. The van der Waals surface area contributed by atoms with Gasteiger partial charge in [0, 0.05) is 24.9 Å². The number of carboxylic acids is 2. The van der Waals surface area contributed by atoms with E-state index in [0.29, 0.717) is 0 Å². The van der Waals surface area contributed by atoms with Gasteiger partial charge in [0.15, 0.2) is 0 Å². The lowest BCUT2D eigenvalue weighted by Crippen LogP contribution is -2.10. The molecule has 88 valence electrons. The number of carbonyl (C=O) groups is 2. The maximum atomic E-state index is 9.10. The van der Waals surface area contributed by atoms with Crippen LogP contribution in [-0.4, -0.2) is 40.7 Å². The fourth-order valence-corrected chi connectivity index (χ4v) is 0.799. The van der Waals surface area contributed by atoms with Gasteiger partial charge in [-0.2, -0.15) is 0 Å². The molecule has 0 aliphatic heterocycles. The van der Waals surface area contributed by atoms with E-state index in [-0.39, 0.29) is 0 Å². The highest BCUT2D eigenvalue weighted by molar-refractivity contribution is 6.27. The Morgan fingerprint density at radius 1 is 1.31 bits per heavy atom. The van der Waals surface area contributed by atoms with Crippen LogP contribution in [0.3, 0.4) is 0 Å². The maximum Gasteiger partial charge on any atom is 0.414 e. The summed E-state index contributed by atoms with van der Waals surface area (Å²) in [7, 11) is 1.95. The molecule has 0 saturated carbocycles. The van der Waals surface area contributed by atoms with Gasteiger partial charge in [0.25, 0.3) is 0 Å². The summed E-state index contributed by atoms with van der Waals surface area (Å²) < 4.78 is 0. The van der Waals surface area contributed by atoms with Gasteiger partial charge in [-0.3, -0.25) is 4.98 Å². The molecule has 16 heavy (non-hydrogen) atoms. The predicted octanol–water partition coefficient (Wildman–Crippen LogP) is -0.000900. The summed E-state index contributed by atoms with van der Waals surface area (Å²) in [5, 5.41) is 17.9. The van der Waals surface area contributed by atoms with Crippen molar-refractivity contribution in [3.05, 3.63) is 30.1 Å². The number of aliphatic carboxylic acids is 2. The SMILES string of the molecule is CNCCc1ccccn1.O=C(O)C(=O)O. The standard InChI is InChI=1S/C8H12N2.C2H2O4/c1-9-7-5-8-4-2-3-6-10-8;3-1(4)2(5)6/h2-4,6,9H,5,7H2,1H3;(H,3,4)(H,5,6). The van der Waals surface area contributed by atoms with Gasteiger partial charge in [0.2, 0.25) is 0 Å². The van der Waals surface area contributed by atoms with Crippen molar-refractivity contribution in [2.45, 2.75) is 6.42 Å². The van der Waals surface area contributed by atoms with E-state index in [1.54, 1.807) is 0 Å². The second-order valence-corrected chi connectivity index (χ2v) is 2.78. The van der Waals surface area contributed by atoms with Gasteiger partial charge in [0.1, 0.15) is 0 Å². The maximum absolute atomic E-state index is 9.10. The number of rotatable bonds is 3. The van der Waals surface area contributed by atoms with E-state index in [9.17, 15) is 0 Å². The summed E-state index contributed by atoms with van der Waals surface area (Å²) in [6.45, 7) is 0.997. The quantitative estimate of drug-likeness (QED) is 0.627. The fraction of sp³-hybridized carbons (Fsp3) is 0.300. The molecule has 0 atom stereocenters. The summed E-state index contributed by atoms with van der Waals surface area (Å²) in [6.07, 6.45) is 2.84. The molecule has 0 unspecified atom stereocenters. The van der Waals surface area contributed by atoms with Crippen molar-refractivity contribution < 1.29 is 19.8 Å². The second kappa shape index (κ2) is 8.37. The zero-order valence-corrected chi connectivity index (χ0v) is 8.88. The molecule has 0 fully saturated rings. The number of nitrogens with one attached hydrogen (secondary N) is 1. The first-order chi connectivity index (χ1) is 7.57. The Morgan fingerprint density at radius 3 is 2.31 bits per heavy atom. The van der Waals surface area contributed by atoms with Crippen LogP contribution >= 0.6 is 0 Å². The van der Waals surface area contributed by atoms with Crippen LogP contribution in [0.25, 0.3) is 0 Å². The van der Waals surface area contributed by atoms with Crippen LogP contribution in [0.5, 0.6) is 0 Å². The first-order valence-electron chi connectivity index (χ1n) is 4.58. The predicted molar refractivity (Wildman–Crippen MR) is 57.1 cm³/mol. The van der Waals surface area contributed by atoms with Gasteiger partial charge in [-0.1, -0.05) is 6.07 Å². The van der Waals surface area contributed by atoms with E-state index in [1.165, 1.54) is 0 Å². The highest BCUT2D eigenvalue weighted by atomic mass is 16.4. The topological polar surface area (TPSA) is 99.5 Å². The molecule has 0 aromatic carbocycles. The molecule has 6 nitrogen and oxygen atoms in total. The third-order valence-electron chi connectivity index (χ3n) is 1.54. The van der Waals surface area contributed by atoms with Gasteiger partial charge in [-0.15, -0.1) is 0 Å². The Balaban J connectivity index is 0.000000325. The van der Waals surface area contributed by atoms with E-state index in [4.69, 9.17) is 19.8 Å². The lowest BCUT2D eigenvalue weighted by atomic mass is 10.3. The van der Waals surface area contributed by atoms with Crippen LogP contribution in [-0.2, 0) is 16.0 Å². The van der Waals surface area contributed by atoms with Crippen molar-refractivity contribution in [2.75, 3.05) is 13.6 Å². The van der Waals surface area contributed by atoms with Crippen molar-refractivity contribution in [1.29, 1.82) is 0 Å². The van der Waals surface area contributed by atoms with Crippen LogP contribution in [0.15, 0.2) is 24.4 Å². The molecule has 0 bridgehead atoms. The Morgan fingerprint density at radius 2 is 1.94 bits per heavy atom. The molecule has 3 N–H and O–H groups in total. The first kappa shape index (κ1) is 14.1. The molecule has 6 heteroatoms. The van der Waals surface area contributed by atoms with Crippen molar-refractivity contribution >= 4 is 11.9 Å². The van der Waals surface area contributed by atoms with Gasteiger partial charge in [-0.25, -0.2) is 9.59 Å². The van der Waals surface area contributed by atoms with Crippen LogP contribution in [0, 0.1) is 0 Å². The van der Waals surface area contributed by atoms with Crippen LogP contribution < -0.4 is 5.32 Å². The molecule has 1 heterocycles. The third-order valence-corrected chi connectivity index (χ3v) is 1.54. The first-order valence-corrected chi connectivity index (χ1v) is 4.58. The summed E-state index contributed by atoms with van der Waals surface area (Å²) >= 11 is 0. The fourth-order valence-electron chi connectivity index (χ4n) is 0.799. The Labute approximate surface area is 92.9 Å². The Bertz CT molecular complexity index is 315. The largest absolute Gasteiger partial charge is 0.473 e. The zero-order valence-electron chi connectivity index (χ0n) is 8.88. The second-order valence-electron chi connectivity index (χ2n) is 2.78. The Hall–Kier alpha value is -1.95. The molecule has 0 aliphatic carbocycles. The van der Waals surface area contributed by atoms with E-state index < -0.39 is 11.9 Å². The molecule has 0 radical (unpaired) electrons. The van der Waals surface area contributed by atoms with E-state index >= 15 is 0 Å². The number of nitrogens with zero attached hydrogens (tertiary/aromatic N) is 1. The third kappa shape index (κ3) is 7.45. The molecule has 1 aromatic heterocycles. The molecule has 0 amide bonds. The molecular formula is C10H14N2O4. The molecule has 0 aliphatic rings. The molecule has 0 spiro atoms. The van der Waals surface area contributed by atoms with Gasteiger partial charge < -0.3 is 15.5 Å².